The van der Waals surface area contributed by atoms with Gasteiger partial charge in [0.25, 0.3) is 0 Å². The van der Waals surface area contributed by atoms with Crippen molar-refractivity contribution in [2.75, 3.05) is 7.05 Å². The van der Waals surface area contributed by atoms with Crippen LogP contribution in [0.5, 0.6) is 0 Å². The summed E-state index contributed by atoms with van der Waals surface area (Å²) in [6.45, 7) is 4.34. The van der Waals surface area contributed by atoms with Gasteiger partial charge in [-0.15, -0.1) is 0 Å². The quantitative estimate of drug-likeness (QED) is 0.315. The number of nitrogens with one attached hydrogen (secondary N) is 1. The minimum absolute atomic E-state index is 0.530. The molecule has 1 atom stereocenters. The molecule has 0 saturated heterocycles. The Morgan fingerprint density at radius 3 is 2.52 bits per heavy atom. The maximum atomic E-state index is 3.93. The van der Waals surface area contributed by atoms with Crippen LogP contribution in [0, 0.1) is 20.0 Å². The summed E-state index contributed by atoms with van der Waals surface area (Å²) in [5.41, 5.74) is 11.0. The van der Waals surface area contributed by atoms with E-state index in [1.54, 1.807) is 0 Å². The lowest BCUT2D eigenvalue weighted by Gasteiger charge is -2.26. The van der Waals surface area contributed by atoms with Crippen LogP contribution in [-0.4, -0.2) is 16.6 Å². The zero-order chi connectivity index (χ0) is 21.3. The zero-order valence-corrected chi connectivity index (χ0v) is 18.3. The van der Waals surface area contributed by atoms with Gasteiger partial charge in [-0.25, -0.2) is 4.48 Å². The number of H-pyrrole nitrogens is 1. The number of nitrogens with zero attached hydrogens (tertiary/aromatic N) is 2. The van der Waals surface area contributed by atoms with Crippen LogP contribution in [0.1, 0.15) is 22.5 Å². The van der Waals surface area contributed by atoms with E-state index in [1.807, 2.05) is 0 Å². The Bertz CT molecular complexity index is 1530. The van der Waals surface area contributed by atoms with E-state index in [4.69, 9.17) is 0 Å². The number of hydrogen-bond acceptors (Lipinski definition) is 0. The van der Waals surface area contributed by atoms with Crippen LogP contribution in [0.15, 0.2) is 72.8 Å². The molecule has 2 aromatic heterocycles. The molecule has 31 heavy (non-hydrogen) atoms. The van der Waals surface area contributed by atoms with Crippen molar-refractivity contribution in [2.24, 2.45) is 7.05 Å². The van der Waals surface area contributed by atoms with Gasteiger partial charge in [-0.1, -0.05) is 42.0 Å². The molecule has 5 aromatic rings. The van der Waals surface area contributed by atoms with Crippen LogP contribution in [0.4, 0.5) is 11.4 Å². The Morgan fingerprint density at radius 1 is 0.903 bits per heavy atom. The maximum Gasteiger partial charge on any atom is 0.216 e. The number of quaternary nitrogens is 1. The first kappa shape index (κ1) is 18.2. The van der Waals surface area contributed by atoms with E-state index >= 15 is 0 Å². The van der Waals surface area contributed by atoms with E-state index < -0.39 is 0 Å². The van der Waals surface area contributed by atoms with Crippen LogP contribution in [0.25, 0.3) is 27.4 Å². The highest BCUT2D eigenvalue weighted by molar-refractivity contribution is 6.01. The fraction of sp³-hybridized carbons (Fsp3) is 0.143. The molecule has 3 heterocycles. The third-order valence-corrected chi connectivity index (χ3v) is 6.75. The van der Waals surface area contributed by atoms with Gasteiger partial charge in [0.15, 0.2) is 11.4 Å². The molecule has 0 saturated carbocycles. The first-order chi connectivity index (χ1) is 15.0. The van der Waals surface area contributed by atoms with Crippen molar-refractivity contribution >= 4 is 38.8 Å². The van der Waals surface area contributed by atoms with Crippen LogP contribution < -0.4 is 4.48 Å². The molecule has 0 fully saturated rings. The summed E-state index contributed by atoms with van der Waals surface area (Å²) in [6, 6.07) is 26.2. The number of benzene rings is 3. The molecule has 1 aliphatic rings. The second kappa shape index (κ2) is 6.22. The van der Waals surface area contributed by atoms with Gasteiger partial charge < -0.3 is 9.55 Å². The second-order valence-corrected chi connectivity index (χ2v) is 8.81. The summed E-state index contributed by atoms with van der Waals surface area (Å²) < 4.78 is 2.82. The van der Waals surface area contributed by atoms with Crippen LogP contribution >= 0.6 is 0 Å². The fourth-order valence-electron chi connectivity index (χ4n) is 5.32. The number of aromatic amines is 1. The predicted octanol–water partition coefficient (Wildman–Crippen LogP) is 6.75. The lowest BCUT2D eigenvalue weighted by Crippen LogP contribution is -2.32. The normalized spacial score (nSPS) is 18.0. The Labute approximate surface area is 182 Å². The zero-order valence-electron chi connectivity index (χ0n) is 18.3. The van der Waals surface area contributed by atoms with E-state index in [1.165, 1.54) is 61.3 Å². The molecule has 1 unspecified atom stereocenters. The maximum absolute atomic E-state index is 3.93. The molecular formula is C28H25N3+. The first-order valence-corrected chi connectivity index (χ1v) is 10.7. The largest absolute Gasteiger partial charge is 0.354 e. The Kier molecular flexibility index (Phi) is 3.66. The van der Waals surface area contributed by atoms with Gasteiger partial charge in [0.05, 0.1) is 40.5 Å². The monoisotopic (exact) mass is 403 g/mol. The number of aromatic nitrogens is 2. The Morgan fingerprint density at radius 2 is 1.68 bits per heavy atom. The van der Waals surface area contributed by atoms with E-state index in [-0.39, 0.29) is 0 Å². The highest BCUT2D eigenvalue weighted by Gasteiger charge is 2.42. The summed E-state index contributed by atoms with van der Waals surface area (Å²) in [7, 11) is 4.41. The molecule has 0 spiro atoms. The van der Waals surface area contributed by atoms with Gasteiger partial charge in [-0.3, -0.25) is 0 Å². The number of fused-ring (bicyclic) bond motifs is 3. The molecule has 3 heteroatoms. The van der Waals surface area contributed by atoms with Crippen molar-refractivity contribution in [1.82, 2.24) is 14.0 Å². The van der Waals surface area contributed by atoms with Crippen molar-refractivity contribution in [2.45, 2.75) is 13.8 Å². The standard InChI is InChI=1S/C28H25N3/c1-18-13-14-27-22(15-18)23(26-16-20-9-5-8-12-25(20)30(26)3)17-31(27,4)28-19(2)29-24-11-7-6-10-21(24)28/h5-16,29H,1-4H3/q+1. The molecule has 3 nitrogen and oxygen atoms in total. The van der Waals surface area contributed by atoms with Crippen molar-refractivity contribution in [3.8, 4) is 0 Å². The molecule has 6 rings (SSSR count). The SMILES string of the molecule is Cc1ccc2c(c1)C(c1cc3ccccc3n1C)=[C][N+]2(C)c1c(C)[nH]c2ccccc12. The topological polar surface area (TPSA) is 20.7 Å². The van der Waals surface area contributed by atoms with Crippen molar-refractivity contribution in [1.29, 1.82) is 0 Å². The smallest absolute Gasteiger partial charge is 0.216 e. The molecule has 0 aliphatic carbocycles. The van der Waals surface area contributed by atoms with Gasteiger partial charge in [0, 0.05) is 24.0 Å². The Hall–Kier alpha value is -3.56. The van der Waals surface area contributed by atoms with Crippen LogP contribution in [0.2, 0.25) is 0 Å². The Balaban J connectivity index is 1.68. The lowest BCUT2D eigenvalue weighted by atomic mass is 10.0. The highest BCUT2D eigenvalue weighted by Crippen LogP contribution is 2.50. The molecular weight excluding hydrogens is 378 g/mol. The fourth-order valence-corrected chi connectivity index (χ4v) is 5.32. The van der Waals surface area contributed by atoms with Gasteiger partial charge in [0.2, 0.25) is 6.20 Å². The number of hydrogen-bond donors (Lipinski definition) is 1. The van der Waals surface area contributed by atoms with Gasteiger partial charge in [-0.05, 0) is 44.2 Å². The third-order valence-electron chi connectivity index (χ3n) is 6.75. The second-order valence-electron chi connectivity index (χ2n) is 8.81. The summed E-state index contributed by atoms with van der Waals surface area (Å²) in [4.78, 5) is 3.59. The molecule has 1 radical (unpaired) electrons. The predicted molar refractivity (Wildman–Crippen MR) is 130 cm³/mol. The van der Waals surface area contributed by atoms with E-state index in [0.29, 0.717) is 4.48 Å². The molecule has 1 aliphatic heterocycles. The van der Waals surface area contributed by atoms with Gasteiger partial charge in [-0.2, -0.15) is 0 Å². The molecule has 3 aromatic carbocycles. The minimum atomic E-state index is 0.530. The first-order valence-electron chi connectivity index (χ1n) is 10.7. The number of aryl methyl sites for hydroxylation is 3. The lowest BCUT2D eigenvalue weighted by molar-refractivity contribution is 0.601. The average Bonchev–Trinajstić information content (AvgIpc) is 3.37. The summed E-state index contributed by atoms with van der Waals surface area (Å²) >= 11 is 0. The van der Waals surface area contributed by atoms with Crippen molar-refractivity contribution in [3.63, 3.8) is 0 Å². The summed E-state index contributed by atoms with van der Waals surface area (Å²) in [5, 5.41) is 2.51. The summed E-state index contributed by atoms with van der Waals surface area (Å²) in [5.74, 6) is 0. The van der Waals surface area contributed by atoms with Crippen LogP contribution in [0.3, 0.4) is 0 Å². The molecule has 1 N–H and O–H groups in total. The van der Waals surface area contributed by atoms with Crippen LogP contribution in [-0.2, 0) is 7.05 Å². The molecule has 0 bridgehead atoms. The molecule has 0 amide bonds. The van der Waals surface area contributed by atoms with E-state index in [2.05, 4.69) is 116 Å². The third kappa shape index (κ3) is 2.44. The minimum Gasteiger partial charge on any atom is -0.354 e. The number of rotatable bonds is 2. The van der Waals surface area contributed by atoms with Crippen molar-refractivity contribution < 1.29 is 0 Å². The summed E-state index contributed by atoms with van der Waals surface area (Å²) in [6.07, 6.45) is 3.93. The highest BCUT2D eigenvalue weighted by atomic mass is 15.4. The van der Waals surface area contributed by atoms with Crippen molar-refractivity contribution in [3.05, 3.63) is 102 Å². The van der Waals surface area contributed by atoms with E-state index in [0.717, 1.165) is 0 Å². The van der Waals surface area contributed by atoms with Gasteiger partial charge in [0.1, 0.15) is 0 Å². The molecule has 151 valence electrons. The van der Waals surface area contributed by atoms with E-state index in [9.17, 15) is 0 Å². The van der Waals surface area contributed by atoms with Gasteiger partial charge >= 0.3 is 0 Å². The average molecular weight is 404 g/mol. The number of para-hydroxylation sites is 2.